The van der Waals surface area contributed by atoms with E-state index < -0.39 is 0 Å². The van der Waals surface area contributed by atoms with Crippen molar-refractivity contribution in [3.05, 3.63) is 76.4 Å². The van der Waals surface area contributed by atoms with Crippen LogP contribution in [-0.4, -0.2) is 22.3 Å². The molecule has 2 aromatic carbocycles. The quantitative estimate of drug-likeness (QED) is 0.700. The third-order valence-electron chi connectivity index (χ3n) is 3.43. The number of benzene rings is 2. The van der Waals surface area contributed by atoms with Crippen molar-refractivity contribution in [1.82, 2.24) is 9.78 Å². The number of carbonyl (C=O) groups excluding carboxylic acids is 1. The molecule has 3 rings (SSSR count). The maximum Gasteiger partial charge on any atom is 0.263 e. The van der Waals surface area contributed by atoms with Gasteiger partial charge in [-0.3, -0.25) is 4.79 Å². The second-order valence-corrected chi connectivity index (χ2v) is 6.10. The van der Waals surface area contributed by atoms with E-state index in [0.717, 1.165) is 5.56 Å². The predicted octanol–water partition coefficient (Wildman–Crippen LogP) is 4.26. The lowest BCUT2D eigenvalue weighted by molar-refractivity contribution is -0.118. The second-order valence-electron chi connectivity index (χ2n) is 5.26. The van der Waals surface area contributed by atoms with Gasteiger partial charge in [0.1, 0.15) is 11.6 Å². The van der Waals surface area contributed by atoms with Gasteiger partial charge in [-0.25, -0.2) is 4.68 Å². The summed E-state index contributed by atoms with van der Waals surface area (Å²) in [6, 6.07) is 16.1. The summed E-state index contributed by atoms with van der Waals surface area (Å²) in [5, 5.41) is 8.20. The van der Waals surface area contributed by atoms with Gasteiger partial charge in [-0.05, 0) is 29.8 Å². The zero-order chi connectivity index (χ0) is 17.6. The van der Waals surface area contributed by atoms with Crippen molar-refractivity contribution in [1.29, 1.82) is 0 Å². The molecule has 0 spiro atoms. The number of nitrogens with zero attached hydrogens (tertiary/aromatic N) is 2. The molecule has 25 heavy (non-hydrogen) atoms. The maximum atomic E-state index is 12.1. The minimum atomic E-state index is -0.291. The van der Waals surface area contributed by atoms with E-state index >= 15 is 0 Å². The van der Waals surface area contributed by atoms with Crippen molar-refractivity contribution in [3.8, 4) is 5.75 Å². The lowest BCUT2D eigenvalue weighted by Gasteiger charge is -2.11. The summed E-state index contributed by atoms with van der Waals surface area (Å²) >= 11 is 12.1. The van der Waals surface area contributed by atoms with Crippen LogP contribution in [0.2, 0.25) is 10.0 Å². The first-order valence-electron chi connectivity index (χ1n) is 7.55. The molecule has 0 fully saturated rings. The van der Waals surface area contributed by atoms with E-state index in [-0.39, 0.29) is 12.5 Å². The Bertz CT molecular complexity index is 880. The van der Waals surface area contributed by atoms with Gasteiger partial charge in [-0.2, -0.15) is 5.10 Å². The van der Waals surface area contributed by atoms with Crippen LogP contribution in [-0.2, 0) is 11.3 Å². The fourth-order valence-corrected chi connectivity index (χ4v) is 2.61. The molecular formula is C18H15Cl2N3O2. The number of ether oxygens (including phenoxy) is 1. The number of amides is 1. The number of aromatic nitrogens is 2. The number of rotatable bonds is 6. The molecule has 1 N–H and O–H groups in total. The smallest absolute Gasteiger partial charge is 0.263 e. The zero-order valence-electron chi connectivity index (χ0n) is 13.2. The van der Waals surface area contributed by atoms with Crippen LogP contribution in [0, 0.1) is 0 Å². The predicted molar refractivity (Wildman–Crippen MR) is 98.4 cm³/mol. The van der Waals surface area contributed by atoms with Crippen LogP contribution in [0.5, 0.6) is 5.75 Å². The molecule has 0 aliphatic rings. The Hall–Kier alpha value is -2.50. The van der Waals surface area contributed by atoms with E-state index in [1.165, 1.54) is 0 Å². The monoisotopic (exact) mass is 375 g/mol. The van der Waals surface area contributed by atoms with Gasteiger partial charge in [-0.1, -0.05) is 47.5 Å². The molecule has 3 aromatic rings. The van der Waals surface area contributed by atoms with E-state index in [4.69, 9.17) is 27.9 Å². The number of carbonyl (C=O) groups is 1. The van der Waals surface area contributed by atoms with E-state index in [1.807, 2.05) is 24.3 Å². The minimum Gasteiger partial charge on any atom is -0.484 e. The fraction of sp³-hybridized carbons (Fsp3) is 0.111. The van der Waals surface area contributed by atoms with Crippen LogP contribution in [0.3, 0.4) is 0 Å². The van der Waals surface area contributed by atoms with E-state index in [2.05, 4.69) is 10.4 Å². The number of anilines is 1. The highest BCUT2D eigenvalue weighted by Gasteiger charge is 2.10. The first-order chi connectivity index (χ1) is 12.1. The molecule has 0 bridgehead atoms. The van der Waals surface area contributed by atoms with Crippen molar-refractivity contribution < 1.29 is 9.53 Å². The largest absolute Gasteiger partial charge is 0.484 e. The highest BCUT2D eigenvalue weighted by Crippen LogP contribution is 2.19. The minimum absolute atomic E-state index is 0.127. The molecule has 0 saturated carbocycles. The fourth-order valence-electron chi connectivity index (χ4n) is 2.24. The molecule has 0 radical (unpaired) electrons. The molecule has 1 aromatic heterocycles. The van der Waals surface area contributed by atoms with Crippen LogP contribution < -0.4 is 10.1 Å². The summed E-state index contributed by atoms with van der Waals surface area (Å²) in [6.07, 6.45) is 1.62. The number of halogens is 2. The third-order valence-corrected chi connectivity index (χ3v) is 4.03. The topological polar surface area (TPSA) is 56.1 Å². The maximum absolute atomic E-state index is 12.1. The number of nitrogens with one attached hydrogen (secondary N) is 1. The summed E-state index contributed by atoms with van der Waals surface area (Å²) in [4.78, 5) is 12.1. The van der Waals surface area contributed by atoms with Gasteiger partial charge >= 0.3 is 0 Å². The molecule has 5 nitrogen and oxygen atoms in total. The van der Waals surface area contributed by atoms with Crippen molar-refractivity contribution >= 4 is 34.9 Å². The summed E-state index contributed by atoms with van der Waals surface area (Å²) in [7, 11) is 0. The highest BCUT2D eigenvalue weighted by atomic mass is 35.5. The summed E-state index contributed by atoms with van der Waals surface area (Å²) in [5.74, 6) is 0.813. The Labute approximate surface area is 155 Å². The standard InChI is InChI=1S/C18H15Cl2N3O2/c19-14-5-3-6-15(10-14)25-12-18(24)22-17-8-9-21-23(17)11-13-4-1-2-7-16(13)20/h1-10H,11-12H2,(H,22,24). The van der Waals surface area contributed by atoms with E-state index in [0.29, 0.717) is 28.2 Å². The Balaban J connectivity index is 1.61. The van der Waals surface area contributed by atoms with Gasteiger partial charge in [0, 0.05) is 16.1 Å². The van der Waals surface area contributed by atoms with Crippen LogP contribution in [0.15, 0.2) is 60.8 Å². The van der Waals surface area contributed by atoms with Crippen molar-refractivity contribution in [2.75, 3.05) is 11.9 Å². The average Bonchev–Trinajstić information content (AvgIpc) is 3.02. The second kappa shape index (κ2) is 8.05. The summed E-state index contributed by atoms with van der Waals surface area (Å²) in [5.41, 5.74) is 0.915. The molecule has 7 heteroatoms. The molecule has 0 aliphatic heterocycles. The summed E-state index contributed by atoms with van der Waals surface area (Å²) < 4.78 is 7.09. The molecule has 1 amide bonds. The van der Waals surface area contributed by atoms with Gasteiger partial charge in [0.15, 0.2) is 6.61 Å². The number of hydrogen-bond acceptors (Lipinski definition) is 3. The molecule has 0 aliphatic carbocycles. The van der Waals surface area contributed by atoms with Gasteiger partial charge in [0.25, 0.3) is 5.91 Å². The lowest BCUT2D eigenvalue weighted by atomic mass is 10.2. The highest BCUT2D eigenvalue weighted by molar-refractivity contribution is 6.31. The van der Waals surface area contributed by atoms with Crippen LogP contribution >= 0.6 is 23.2 Å². The van der Waals surface area contributed by atoms with Crippen LogP contribution in [0.1, 0.15) is 5.56 Å². The zero-order valence-corrected chi connectivity index (χ0v) is 14.7. The van der Waals surface area contributed by atoms with Gasteiger partial charge in [0.2, 0.25) is 0 Å². The molecule has 1 heterocycles. The van der Waals surface area contributed by atoms with Crippen LogP contribution in [0.4, 0.5) is 5.82 Å². The third kappa shape index (κ3) is 4.75. The van der Waals surface area contributed by atoms with Crippen molar-refractivity contribution in [2.24, 2.45) is 0 Å². The van der Waals surface area contributed by atoms with Crippen molar-refractivity contribution in [2.45, 2.75) is 6.54 Å². The average molecular weight is 376 g/mol. The van der Waals surface area contributed by atoms with Gasteiger partial charge in [-0.15, -0.1) is 0 Å². The molecule has 0 unspecified atom stereocenters. The van der Waals surface area contributed by atoms with Gasteiger partial charge in [0.05, 0.1) is 12.7 Å². The van der Waals surface area contributed by atoms with E-state index in [9.17, 15) is 4.79 Å². The first kappa shape index (κ1) is 17.3. The Morgan fingerprint density at radius 1 is 1.12 bits per heavy atom. The number of hydrogen-bond donors (Lipinski definition) is 1. The molecule has 0 saturated heterocycles. The Morgan fingerprint density at radius 3 is 2.76 bits per heavy atom. The van der Waals surface area contributed by atoms with Crippen LogP contribution in [0.25, 0.3) is 0 Å². The van der Waals surface area contributed by atoms with Gasteiger partial charge < -0.3 is 10.1 Å². The SMILES string of the molecule is O=C(COc1cccc(Cl)c1)Nc1ccnn1Cc1ccccc1Cl. The lowest BCUT2D eigenvalue weighted by Crippen LogP contribution is -2.22. The molecule has 128 valence electrons. The molecule has 0 atom stereocenters. The first-order valence-corrected chi connectivity index (χ1v) is 8.31. The van der Waals surface area contributed by atoms with Crippen molar-refractivity contribution in [3.63, 3.8) is 0 Å². The Morgan fingerprint density at radius 2 is 1.96 bits per heavy atom. The molecular weight excluding hydrogens is 361 g/mol. The normalized spacial score (nSPS) is 10.5. The Kier molecular flexibility index (Phi) is 5.58. The summed E-state index contributed by atoms with van der Waals surface area (Å²) in [6.45, 7) is 0.328. The van der Waals surface area contributed by atoms with E-state index in [1.54, 1.807) is 41.2 Å².